The Bertz CT molecular complexity index is 175. The molecule has 1 heterocycles. The van der Waals surface area contributed by atoms with Crippen molar-refractivity contribution in [3.63, 3.8) is 0 Å². The quantitative estimate of drug-likeness (QED) is 0.691. The van der Waals surface area contributed by atoms with Crippen LogP contribution in [0.5, 0.6) is 0 Å². The minimum absolute atomic E-state index is 0.736. The molecule has 0 aliphatic carbocycles. The summed E-state index contributed by atoms with van der Waals surface area (Å²) >= 11 is 0. The van der Waals surface area contributed by atoms with E-state index in [2.05, 4.69) is 43.1 Å². The first-order valence-electron chi connectivity index (χ1n) is 5.80. The molecule has 2 heteroatoms. The molecule has 1 N–H and O–H groups in total. The molecular weight excluding hydrogens is 172 g/mol. The Labute approximate surface area is 88.4 Å². The van der Waals surface area contributed by atoms with Crippen molar-refractivity contribution in [2.75, 3.05) is 26.2 Å². The van der Waals surface area contributed by atoms with Crippen LogP contribution in [0, 0.1) is 5.92 Å². The summed E-state index contributed by atoms with van der Waals surface area (Å²) in [6.45, 7) is 11.3. The van der Waals surface area contributed by atoms with Gasteiger partial charge in [-0.25, -0.2) is 0 Å². The molecular formula is C12H24N2. The molecule has 0 bridgehead atoms. The first kappa shape index (κ1) is 11.7. The Morgan fingerprint density at radius 2 is 2.29 bits per heavy atom. The molecule has 0 aromatic carbocycles. The summed E-state index contributed by atoms with van der Waals surface area (Å²) in [6, 6.07) is 0.736. The zero-order valence-electron chi connectivity index (χ0n) is 9.79. The molecule has 1 saturated heterocycles. The average molecular weight is 196 g/mol. The molecule has 1 fully saturated rings. The van der Waals surface area contributed by atoms with Crippen molar-refractivity contribution in [2.45, 2.75) is 33.2 Å². The monoisotopic (exact) mass is 196 g/mol. The largest absolute Gasteiger partial charge is 0.314 e. The molecule has 0 aromatic heterocycles. The maximum Gasteiger partial charge on any atom is 0.0226 e. The summed E-state index contributed by atoms with van der Waals surface area (Å²) < 4.78 is 0. The molecule has 0 amide bonds. The van der Waals surface area contributed by atoms with E-state index in [4.69, 9.17) is 0 Å². The fourth-order valence-electron chi connectivity index (χ4n) is 2.06. The lowest BCUT2D eigenvalue weighted by Gasteiger charge is -2.36. The van der Waals surface area contributed by atoms with Crippen molar-refractivity contribution in [3.8, 4) is 0 Å². The van der Waals surface area contributed by atoms with Crippen LogP contribution in [0.4, 0.5) is 0 Å². The van der Waals surface area contributed by atoms with Crippen LogP contribution in [-0.4, -0.2) is 37.1 Å². The van der Waals surface area contributed by atoms with Gasteiger partial charge in [-0.2, -0.15) is 0 Å². The topological polar surface area (TPSA) is 15.3 Å². The Kier molecular flexibility index (Phi) is 5.20. The van der Waals surface area contributed by atoms with Gasteiger partial charge >= 0.3 is 0 Å². The Morgan fingerprint density at radius 1 is 1.50 bits per heavy atom. The van der Waals surface area contributed by atoms with Gasteiger partial charge in [0, 0.05) is 32.2 Å². The maximum atomic E-state index is 3.48. The minimum atomic E-state index is 0.736. The van der Waals surface area contributed by atoms with Crippen molar-refractivity contribution >= 4 is 0 Å². The van der Waals surface area contributed by atoms with E-state index >= 15 is 0 Å². The summed E-state index contributed by atoms with van der Waals surface area (Å²) in [7, 11) is 0. The SMILES string of the molecule is C/C=C/CN1CCNCC1CC(C)C. The van der Waals surface area contributed by atoms with E-state index in [1.54, 1.807) is 0 Å². The molecule has 1 aliphatic heterocycles. The number of hydrogen-bond acceptors (Lipinski definition) is 2. The van der Waals surface area contributed by atoms with E-state index in [0.29, 0.717) is 0 Å². The molecule has 82 valence electrons. The Balaban J connectivity index is 2.41. The highest BCUT2D eigenvalue weighted by Gasteiger charge is 2.21. The third-order valence-electron chi connectivity index (χ3n) is 2.79. The Hall–Kier alpha value is -0.340. The molecule has 1 aliphatic rings. The lowest BCUT2D eigenvalue weighted by Crippen LogP contribution is -2.51. The third kappa shape index (κ3) is 3.81. The predicted octanol–water partition coefficient (Wildman–Crippen LogP) is 1.88. The van der Waals surface area contributed by atoms with Gasteiger partial charge in [-0.15, -0.1) is 0 Å². The van der Waals surface area contributed by atoms with Crippen molar-refractivity contribution in [3.05, 3.63) is 12.2 Å². The van der Waals surface area contributed by atoms with Gasteiger partial charge < -0.3 is 5.32 Å². The van der Waals surface area contributed by atoms with Crippen molar-refractivity contribution in [1.82, 2.24) is 10.2 Å². The minimum Gasteiger partial charge on any atom is -0.314 e. The van der Waals surface area contributed by atoms with Crippen molar-refractivity contribution in [2.24, 2.45) is 5.92 Å². The number of hydrogen-bond donors (Lipinski definition) is 1. The number of nitrogens with zero attached hydrogens (tertiary/aromatic N) is 1. The summed E-state index contributed by atoms with van der Waals surface area (Å²) in [5, 5.41) is 3.48. The van der Waals surface area contributed by atoms with Crippen LogP contribution in [0.3, 0.4) is 0 Å². The molecule has 1 atom stereocenters. The van der Waals surface area contributed by atoms with Gasteiger partial charge in [0.15, 0.2) is 0 Å². The number of nitrogens with one attached hydrogen (secondary N) is 1. The second kappa shape index (κ2) is 6.20. The van der Waals surface area contributed by atoms with E-state index in [-0.39, 0.29) is 0 Å². The van der Waals surface area contributed by atoms with E-state index < -0.39 is 0 Å². The predicted molar refractivity (Wildman–Crippen MR) is 62.5 cm³/mol. The summed E-state index contributed by atoms with van der Waals surface area (Å²) in [6.07, 6.45) is 5.72. The smallest absolute Gasteiger partial charge is 0.0226 e. The zero-order valence-corrected chi connectivity index (χ0v) is 9.79. The van der Waals surface area contributed by atoms with Gasteiger partial charge in [-0.05, 0) is 19.3 Å². The van der Waals surface area contributed by atoms with E-state index in [1.807, 2.05) is 0 Å². The zero-order chi connectivity index (χ0) is 10.4. The molecule has 1 unspecified atom stereocenters. The standard InChI is InChI=1S/C12H24N2/c1-4-5-7-14-8-6-13-10-12(14)9-11(2)3/h4-5,11-13H,6-10H2,1-3H3/b5-4+. The summed E-state index contributed by atoms with van der Waals surface area (Å²) in [5.41, 5.74) is 0. The molecule has 0 radical (unpaired) electrons. The summed E-state index contributed by atoms with van der Waals surface area (Å²) in [4.78, 5) is 2.59. The van der Waals surface area contributed by atoms with Crippen LogP contribution in [0.1, 0.15) is 27.2 Å². The Morgan fingerprint density at radius 3 is 2.93 bits per heavy atom. The first-order chi connectivity index (χ1) is 6.74. The fraction of sp³-hybridized carbons (Fsp3) is 0.833. The summed E-state index contributed by atoms with van der Waals surface area (Å²) in [5.74, 6) is 0.799. The highest BCUT2D eigenvalue weighted by atomic mass is 15.2. The van der Waals surface area contributed by atoms with E-state index in [0.717, 1.165) is 31.6 Å². The van der Waals surface area contributed by atoms with Crippen molar-refractivity contribution < 1.29 is 0 Å². The lowest BCUT2D eigenvalue weighted by atomic mass is 10.0. The molecule has 0 saturated carbocycles. The number of piperazine rings is 1. The van der Waals surface area contributed by atoms with Gasteiger partial charge in [0.25, 0.3) is 0 Å². The first-order valence-corrected chi connectivity index (χ1v) is 5.80. The van der Waals surface area contributed by atoms with Crippen LogP contribution in [0.2, 0.25) is 0 Å². The second-order valence-electron chi connectivity index (χ2n) is 4.55. The molecule has 0 spiro atoms. The van der Waals surface area contributed by atoms with Gasteiger partial charge in [-0.1, -0.05) is 26.0 Å². The lowest BCUT2D eigenvalue weighted by molar-refractivity contribution is 0.157. The van der Waals surface area contributed by atoms with E-state index in [9.17, 15) is 0 Å². The van der Waals surface area contributed by atoms with Crippen LogP contribution < -0.4 is 5.32 Å². The molecule has 1 rings (SSSR count). The highest BCUT2D eigenvalue weighted by molar-refractivity contribution is 4.88. The average Bonchev–Trinajstić information content (AvgIpc) is 2.16. The highest BCUT2D eigenvalue weighted by Crippen LogP contribution is 2.13. The van der Waals surface area contributed by atoms with Gasteiger partial charge in [-0.3, -0.25) is 4.90 Å². The van der Waals surface area contributed by atoms with Crippen molar-refractivity contribution in [1.29, 1.82) is 0 Å². The maximum absolute atomic E-state index is 3.48. The van der Waals surface area contributed by atoms with E-state index in [1.165, 1.54) is 13.0 Å². The van der Waals surface area contributed by atoms with Crippen LogP contribution in [0.25, 0.3) is 0 Å². The van der Waals surface area contributed by atoms with Crippen LogP contribution in [0.15, 0.2) is 12.2 Å². The van der Waals surface area contributed by atoms with Crippen LogP contribution >= 0.6 is 0 Å². The molecule has 14 heavy (non-hydrogen) atoms. The number of allylic oxidation sites excluding steroid dienone is 1. The van der Waals surface area contributed by atoms with Gasteiger partial charge in [0.1, 0.15) is 0 Å². The molecule has 2 nitrogen and oxygen atoms in total. The van der Waals surface area contributed by atoms with Gasteiger partial charge in [0.05, 0.1) is 0 Å². The second-order valence-corrected chi connectivity index (χ2v) is 4.55. The number of rotatable bonds is 4. The fourth-order valence-corrected chi connectivity index (χ4v) is 2.06. The van der Waals surface area contributed by atoms with Gasteiger partial charge in [0.2, 0.25) is 0 Å². The van der Waals surface area contributed by atoms with Crippen LogP contribution in [-0.2, 0) is 0 Å². The third-order valence-corrected chi connectivity index (χ3v) is 2.79. The molecule has 0 aromatic rings. The normalized spacial score (nSPS) is 25.0.